The number of benzene rings is 2. The van der Waals surface area contributed by atoms with Gasteiger partial charge < -0.3 is 103 Å². The minimum atomic E-state index is -2.40. The number of fused-ring (bicyclic) bond motifs is 5. The van der Waals surface area contributed by atoms with Gasteiger partial charge in [0.1, 0.15) is 60.4 Å². The van der Waals surface area contributed by atoms with Gasteiger partial charge in [-0.25, -0.2) is 19.2 Å². The van der Waals surface area contributed by atoms with Gasteiger partial charge in [0.15, 0.2) is 11.6 Å². The maximum atomic E-state index is 15.4. The molecule has 0 radical (unpaired) electrons. The molecule has 14 N–H and O–H groups in total. The zero-order chi connectivity index (χ0) is 86.4. The zero-order valence-corrected chi connectivity index (χ0v) is 67.7. The highest BCUT2D eigenvalue weighted by atomic mass is 32.2. The van der Waals surface area contributed by atoms with Crippen molar-refractivity contribution in [3.8, 4) is 5.75 Å². The molecule has 2 saturated heterocycles. The van der Waals surface area contributed by atoms with Crippen LogP contribution in [0.5, 0.6) is 5.75 Å². The summed E-state index contributed by atoms with van der Waals surface area (Å²) in [5, 5.41) is 23.7. The Morgan fingerprint density at radius 1 is 0.746 bits per heavy atom. The van der Waals surface area contributed by atoms with Gasteiger partial charge in [-0.1, -0.05) is 59.6 Å². The second-order valence-corrected chi connectivity index (χ2v) is 31.5. The van der Waals surface area contributed by atoms with Crippen molar-refractivity contribution in [2.45, 2.75) is 172 Å². The molecule has 16 amide bonds. The number of hydrogen-bond acceptors (Lipinski definition) is 24. The molecule has 1 aromatic heterocycles. The number of aromatic nitrogens is 1. The number of carbonyl (C=O) groups is 18. The third-order valence-electron chi connectivity index (χ3n) is 21.0. The summed E-state index contributed by atoms with van der Waals surface area (Å²) in [6.45, 7) is 5.28. The molecule has 642 valence electrons. The number of unbranched alkanes of at least 4 members (excludes halogenated alkanes) is 2. The number of nitrogens with zero attached hydrogens (tertiary/aromatic N) is 4. The number of ketones is 2. The average molecular weight is 1670 g/mol. The van der Waals surface area contributed by atoms with Crippen LogP contribution in [0, 0.1) is 29.6 Å². The minimum Gasteiger partial charge on any atom is -0.497 e. The highest BCUT2D eigenvalue weighted by Crippen LogP contribution is 2.34. The smallest absolute Gasteiger partial charge is 0.497 e. The molecular weight excluding hydrogens is 1570 g/mol. The summed E-state index contributed by atoms with van der Waals surface area (Å²) in [5.74, 6) is -17.1. The lowest BCUT2D eigenvalue weighted by atomic mass is 9.85. The van der Waals surface area contributed by atoms with Crippen LogP contribution in [0.4, 0.5) is 24.9 Å². The summed E-state index contributed by atoms with van der Waals surface area (Å²) >= 11 is 0. The first-order chi connectivity index (χ1) is 56.0. The fourth-order valence-corrected chi connectivity index (χ4v) is 15.4. The number of imide groups is 1. The minimum absolute atomic E-state index is 0.0319. The Balaban J connectivity index is 0.964. The number of urea groups is 1. The number of rotatable bonds is 29. The molecular formula is C77H104N16O24S. The van der Waals surface area contributed by atoms with Crippen LogP contribution in [0.2, 0.25) is 0 Å². The van der Waals surface area contributed by atoms with Crippen LogP contribution in [-0.4, -0.2) is 263 Å². The number of H-pyrrole nitrogens is 1. The number of amides is 16. The molecule has 2 fully saturated rings. The van der Waals surface area contributed by atoms with E-state index in [9.17, 15) is 67.1 Å². The van der Waals surface area contributed by atoms with Gasteiger partial charge in [0, 0.05) is 114 Å². The molecule has 5 aliphatic heterocycles. The number of carbonyl (C=O) groups excluding carboxylic acids is 18. The van der Waals surface area contributed by atoms with E-state index >= 15 is 23.4 Å². The third-order valence-corrected chi connectivity index (χ3v) is 22.5. The van der Waals surface area contributed by atoms with Gasteiger partial charge in [-0.2, -0.15) is 0 Å². The van der Waals surface area contributed by atoms with Crippen LogP contribution >= 0.6 is 0 Å². The fraction of sp³-hybridized carbons (Fsp3) is 0.558. The van der Waals surface area contributed by atoms with Crippen molar-refractivity contribution < 1.29 is 114 Å². The molecule has 118 heavy (non-hydrogen) atoms. The lowest BCUT2D eigenvalue weighted by Gasteiger charge is -2.32. The number of hydrogen-bond donors (Lipinski definition) is 12. The summed E-state index contributed by atoms with van der Waals surface area (Å²) < 4.78 is 42.6. The van der Waals surface area contributed by atoms with E-state index in [1.54, 1.807) is 58.0 Å². The van der Waals surface area contributed by atoms with Crippen molar-refractivity contribution in [1.82, 2.24) is 67.1 Å². The summed E-state index contributed by atoms with van der Waals surface area (Å²) in [6.07, 6.45) is -4.71. The van der Waals surface area contributed by atoms with Gasteiger partial charge in [0.05, 0.1) is 66.8 Å². The molecule has 41 heteroatoms. The number of methoxy groups -OCH3 is 1. The van der Waals surface area contributed by atoms with E-state index in [2.05, 4.69) is 52.8 Å². The van der Waals surface area contributed by atoms with Crippen LogP contribution < -0.4 is 64.1 Å². The predicted octanol–water partition coefficient (Wildman–Crippen LogP) is -0.411. The first kappa shape index (κ1) is 91.5. The molecule has 0 spiro atoms. The standard InChI is InChI=1S/C77H104N16O24S/c1-9-41(4)65-70(105)82-34-60(98)84-53-39-118(112)72-50(49-21-20-47(113-8)32-52(49)86-72)28-44(67(102)81-35-61(99)88-65)29-56(95)66(42(5)57-38-115-77(111)117-57)89-69(104)54-33-48(36-93(54)73(107)45(30-55(53)94)31-58(78)96)116-76(110)91(7)27-26-90(6)75(109)114-37-43-16-18-46(19-17-43)83-68(103)51(14-13-24-80-74(79)108)85-71(106)64(40(2)3)87-59(97)15-11-10-12-25-92-62(100)22-23-63(92)101/h16-23,32,40-42,44-45,48,51,53-54,57,64-66,86H,9-15,24-31,33-39H2,1-8H3,(H2,78,96)(H,81,102)(H,82,105)(H,83,103)(H,84,98)(H,85,106)(H,87,97)(H,88,99)(H,89,104)(H3,79,80,108)/t41-,42-,44+,45-,48+,51-,53-,54?,57-,64-,65-,66-,118?/m0/s1. The van der Waals surface area contributed by atoms with E-state index in [1.807, 2.05) is 0 Å². The quantitative estimate of drug-likeness (QED) is 0.0182. The van der Waals surface area contributed by atoms with E-state index < -0.39 is 260 Å². The molecule has 8 rings (SSSR count). The van der Waals surface area contributed by atoms with Crippen LogP contribution in [0.3, 0.4) is 0 Å². The Hall–Kier alpha value is -12.1. The van der Waals surface area contributed by atoms with Gasteiger partial charge >= 0.3 is 24.4 Å². The van der Waals surface area contributed by atoms with Crippen molar-refractivity contribution in [3.63, 3.8) is 0 Å². The van der Waals surface area contributed by atoms with E-state index in [4.69, 9.17) is 35.2 Å². The van der Waals surface area contributed by atoms with E-state index in [1.165, 1.54) is 52.4 Å². The van der Waals surface area contributed by atoms with Crippen LogP contribution in [0.1, 0.15) is 116 Å². The number of Topliss-reactive ketones (excluding diaryl/α,β-unsaturated/α-hetero) is 2. The highest BCUT2D eigenvalue weighted by Gasteiger charge is 2.48. The number of nitrogens with two attached hydrogens (primary N) is 2. The van der Waals surface area contributed by atoms with E-state index in [0.29, 0.717) is 47.9 Å². The van der Waals surface area contributed by atoms with Gasteiger partial charge in [0.25, 0.3) is 11.8 Å². The molecule has 2 unspecified atom stereocenters. The molecule has 0 aliphatic carbocycles. The zero-order valence-electron chi connectivity index (χ0n) is 66.9. The Morgan fingerprint density at radius 3 is 2.07 bits per heavy atom. The number of anilines is 1. The third kappa shape index (κ3) is 25.5. The summed E-state index contributed by atoms with van der Waals surface area (Å²) in [6, 6.07) is 1.30. The maximum absolute atomic E-state index is 15.4. The predicted molar refractivity (Wildman–Crippen MR) is 417 cm³/mol. The molecule has 2 bridgehead atoms. The normalized spacial score (nSPS) is 22.7. The van der Waals surface area contributed by atoms with Crippen LogP contribution in [-0.2, 0) is 110 Å². The van der Waals surface area contributed by atoms with Crippen LogP contribution in [0.25, 0.3) is 10.9 Å². The first-order valence-electron chi connectivity index (χ1n) is 38.9. The number of primary amides is 2. The fourth-order valence-electron chi connectivity index (χ4n) is 14.0. The van der Waals surface area contributed by atoms with E-state index in [-0.39, 0.29) is 68.3 Å². The van der Waals surface area contributed by atoms with Crippen molar-refractivity contribution >= 4 is 134 Å². The van der Waals surface area contributed by atoms with Crippen molar-refractivity contribution in [3.05, 3.63) is 65.7 Å². The number of aromatic amines is 1. The molecule has 2 aromatic carbocycles. The Bertz CT molecular complexity index is 4340. The molecule has 40 nitrogen and oxygen atoms in total. The van der Waals surface area contributed by atoms with Gasteiger partial charge in [-0.3, -0.25) is 76.2 Å². The summed E-state index contributed by atoms with van der Waals surface area (Å²) in [7, 11) is 1.69. The molecule has 0 saturated carbocycles. The Labute approximate surface area is 681 Å². The lowest BCUT2D eigenvalue weighted by Crippen LogP contribution is -2.56. The topological polar surface area (TPSA) is 560 Å². The van der Waals surface area contributed by atoms with Crippen molar-refractivity contribution in [1.29, 1.82) is 0 Å². The number of nitrogens with one attached hydrogen (secondary N) is 10. The number of cyclic esters (lactones) is 2. The van der Waals surface area contributed by atoms with Gasteiger partial charge in [-0.15, -0.1) is 0 Å². The second-order valence-electron chi connectivity index (χ2n) is 30.1. The highest BCUT2D eigenvalue weighted by molar-refractivity contribution is 7.85. The monoisotopic (exact) mass is 1670 g/mol. The maximum Gasteiger partial charge on any atom is 0.508 e. The van der Waals surface area contributed by atoms with Crippen molar-refractivity contribution in [2.75, 3.05) is 84.7 Å². The van der Waals surface area contributed by atoms with E-state index in [0.717, 1.165) is 19.6 Å². The van der Waals surface area contributed by atoms with Crippen LogP contribution in [0.15, 0.2) is 59.6 Å². The first-order valence-corrected chi connectivity index (χ1v) is 40.2. The summed E-state index contributed by atoms with van der Waals surface area (Å²) in [4.78, 5) is 254. The average Bonchev–Trinajstić information content (AvgIpc) is 1.62. The molecule has 6 heterocycles. The summed E-state index contributed by atoms with van der Waals surface area (Å²) in [5.41, 5.74) is 12.2. The van der Waals surface area contributed by atoms with Gasteiger partial charge in [-0.05, 0) is 79.3 Å². The second kappa shape index (κ2) is 42.7. The molecule has 13 atom stereocenters. The lowest BCUT2D eigenvalue weighted by molar-refractivity contribution is -0.145. The number of ether oxygens (including phenoxy) is 5. The Kier molecular flexibility index (Phi) is 33.1. The molecule has 3 aromatic rings. The SMILES string of the molecule is CC[C@H](C)[C@@H]1NC(=O)CNC(=O)[C@H]2CC(=O)[C@H]([C@@H](C)[C@@H]3COC(=O)O3)NC(=O)C3C[C@@H](OC(=O)N(C)CCN(C)C(=O)OCc4ccc(NC(=O)[C@H](CCCNC(N)=O)NC(=O)[C@@H](NC(=O)CCCCCN5C(=O)C=CC5=O)C(C)C)cc4)CN3C(=O)[C@H](CC(N)=O)CC(=O)[C@H](CS(=O)c3[nH]c4cc(OC)ccc4c3C2)NC(=O)CNC1=O. The van der Waals surface area contributed by atoms with Crippen molar-refractivity contribution in [2.24, 2.45) is 41.1 Å². The number of likely N-dealkylation sites (N-methyl/N-ethyl adjacent to an activating group) is 2. The molecule has 5 aliphatic rings. The largest absolute Gasteiger partial charge is 0.508 e. The van der Waals surface area contributed by atoms with Gasteiger partial charge in [0.2, 0.25) is 59.1 Å². The Morgan fingerprint density at radius 2 is 1.42 bits per heavy atom.